The number of fused-ring (bicyclic) bond motifs is 1. The quantitative estimate of drug-likeness (QED) is 0.651. The van der Waals surface area contributed by atoms with Crippen LogP contribution in [-0.4, -0.2) is 17.5 Å². The Hall–Kier alpha value is -2.81. The molecule has 0 bridgehead atoms. The molecule has 0 N–H and O–H groups in total. The van der Waals surface area contributed by atoms with E-state index in [4.69, 9.17) is 4.74 Å². The first-order valence-corrected chi connectivity index (χ1v) is 9.06. The molecule has 4 rings (SSSR count). The number of rotatable bonds is 3. The highest BCUT2D eigenvalue weighted by atomic mass is 16.5. The summed E-state index contributed by atoms with van der Waals surface area (Å²) in [4.78, 5) is 12.6. The number of benzene rings is 2. The summed E-state index contributed by atoms with van der Waals surface area (Å²) in [6, 6.07) is 18.6. The van der Waals surface area contributed by atoms with E-state index in [0.29, 0.717) is 12.3 Å². The third-order valence-electron chi connectivity index (χ3n) is 5.16. The fourth-order valence-electron chi connectivity index (χ4n) is 3.78. The molecule has 1 atom stereocenters. The summed E-state index contributed by atoms with van der Waals surface area (Å²) in [7, 11) is 1.67. The number of ether oxygens (including phenoxy) is 1. The molecule has 2 aromatic carbocycles. The minimum atomic E-state index is 0.249. The van der Waals surface area contributed by atoms with Crippen molar-refractivity contribution in [1.82, 2.24) is 4.57 Å². The van der Waals surface area contributed by atoms with Gasteiger partial charge in [-0.3, -0.25) is 4.79 Å². The Balaban J connectivity index is 1.94. The minimum absolute atomic E-state index is 0.249. The molecular weight excluding hydrogens is 322 g/mol. The number of methoxy groups -OCH3 is 1. The van der Waals surface area contributed by atoms with E-state index in [-0.39, 0.29) is 5.78 Å². The Morgan fingerprint density at radius 3 is 2.35 bits per heavy atom. The van der Waals surface area contributed by atoms with Crippen LogP contribution in [0.15, 0.2) is 54.6 Å². The van der Waals surface area contributed by atoms with Crippen molar-refractivity contribution in [1.29, 1.82) is 0 Å². The van der Waals surface area contributed by atoms with E-state index in [0.717, 1.165) is 40.4 Å². The largest absolute Gasteiger partial charge is 0.497 e. The Bertz CT molecular complexity index is 949. The maximum atomic E-state index is 12.6. The average Bonchev–Trinajstić information content (AvgIpc) is 3.02. The van der Waals surface area contributed by atoms with Gasteiger partial charge in [0.05, 0.1) is 12.8 Å². The maximum absolute atomic E-state index is 12.6. The van der Waals surface area contributed by atoms with Crippen molar-refractivity contribution < 1.29 is 9.53 Å². The molecule has 1 aromatic heterocycles. The van der Waals surface area contributed by atoms with E-state index in [9.17, 15) is 4.79 Å². The van der Waals surface area contributed by atoms with Crippen molar-refractivity contribution in [2.75, 3.05) is 7.11 Å². The molecule has 3 nitrogen and oxygen atoms in total. The SMILES string of the molecule is COc1ccc(-n2c(-c3ccc(C)cc3)cc3c2CC(C)CC3=O)cc1. The van der Waals surface area contributed by atoms with Crippen LogP contribution in [0, 0.1) is 12.8 Å². The molecule has 0 aliphatic heterocycles. The molecule has 0 spiro atoms. The first-order valence-electron chi connectivity index (χ1n) is 9.06. The Kier molecular flexibility index (Phi) is 4.15. The number of nitrogens with zero attached hydrogens (tertiary/aromatic N) is 1. The lowest BCUT2D eigenvalue weighted by Crippen LogP contribution is -2.19. The standard InChI is InChI=1S/C23H23NO2/c1-15-4-6-17(7-5-15)21-14-20-22(12-16(2)13-23(20)25)24(21)18-8-10-19(26-3)11-9-18/h4-11,14,16H,12-13H2,1-3H3. The summed E-state index contributed by atoms with van der Waals surface area (Å²) in [6.07, 6.45) is 1.55. The summed E-state index contributed by atoms with van der Waals surface area (Å²) < 4.78 is 7.54. The molecule has 132 valence electrons. The topological polar surface area (TPSA) is 31.2 Å². The molecule has 0 saturated carbocycles. The van der Waals surface area contributed by atoms with Gasteiger partial charge in [-0.05, 0) is 55.2 Å². The number of ketones is 1. The van der Waals surface area contributed by atoms with Crippen molar-refractivity contribution >= 4 is 5.78 Å². The first kappa shape index (κ1) is 16.6. The molecule has 1 heterocycles. The van der Waals surface area contributed by atoms with E-state index in [1.165, 1.54) is 5.56 Å². The van der Waals surface area contributed by atoms with Crippen LogP contribution >= 0.6 is 0 Å². The number of aryl methyl sites for hydroxylation is 1. The lowest BCUT2D eigenvalue weighted by molar-refractivity contribution is 0.0952. The molecule has 1 aliphatic carbocycles. The molecular formula is C23H23NO2. The van der Waals surface area contributed by atoms with Crippen LogP contribution < -0.4 is 4.74 Å². The van der Waals surface area contributed by atoms with E-state index in [2.05, 4.69) is 60.9 Å². The first-order chi connectivity index (χ1) is 12.6. The fraction of sp³-hybridized carbons (Fsp3) is 0.261. The van der Waals surface area contributed by atoms with Gasteiger partial charge in [-0.25, -0.2) is 0 Å². The van der Waals surface area contributed by atoms with Crippen molar-refractivity contribution in [2.24, 2.45) is 5.92 Å². The van der Waals surface area contributed by atoms with Crippen molar-refractivity contribution in [3.8, 4) is 22.7 Å². The molecule has 0 amide bonds. The number of Topliss-reactive ketones (excluding diaryl/α,β-unsaturated/α-hetero) is 1. The lowest BCUT2D eigenvalue weighted by Gasteiger charge is -2.21. The second kappa shape index (κ2) is 6.49. The molecule has 0 radical (unpaired) electrons. The van der Waals surface area contributed by atoms with E-state index >= 15 is 0 Å². The third-order valence-corrected chi connectivity index (χ3v) is 5.16. The summed E-state index contributed by atoms with van der Waals surface area (Å²) >= 11 is 0. The molecule has 1 unspecified atom stereocenters. The Morgan fingerprint density at radius 1 is 1.00 bits per heavy atom. The lowest BCUT2D eigenvalue weighted by atomic mass is 9.88. The summed E-state index contributed by atoms with van der Waals surface area (Å²) in [5, 5.41) is 0. The predicted molar refractivity (Wildman–Crippen MR) is 104 cm³/mol. The summed E-state index contributed by atoms with van der Waals surface area (Å²) in [6.45, 7) is 4.24. The van der Waals surface area contributed by atoms with Crippen LogP contribution in [0.2, 0.25) is 0 Å². The second-order valence-electron chi connectivity index (χ2n) is 7.23. The van der Waals surface area contributed by atoms with Gasteiger partial charge in [0, 0.05) is 23.4 Å². The summed E-state index contributed by atoms with van der Waals surface area (Å²) in [5.41, 5.74) is 6.48. The second-order valence-corrected chi connectivity index (χ2v) is 7.23. The van der Waals surface area contributed by atoms with Gasteiger partial charge in [0.15, 0.2) is 5.78 Å². The highest BCUT2D eigenvalue weighted by molar-refractivity contribution is 6.00. The molecule has 0 saturated heterocycles. The monoisotopic (exact) mass is 345 g/mol. The van der Waals surface area contributed by atoms with Gasteiger partial charge < -0.3 is 9.30 Å². The zero-order valence-corrected chi connectivity index (χ0v) is 15.5. The van der Waals surface area contributed by atoms with E-state index in [1.54, 1.807) is 7.11 Å². The third kappa shape index (κ3) is 2.84. The van der Waals surface area contributed by atoms with E-state index < -0.39 is 0 Å². The molecule has 26 heavy (non-hydrogen) atoms. The molecule has 3 aromatic rings. The van der Waals surface area contributed by atoms with Crippen LogP contribution in [0.3, 0.4) is 0 Å². The summed E-state index contributed by atoms with van der Waals surface area (Å²) in [5.74, 6) is 1.45. The number of aromatic nitrogens is 1. The highest BCUT2D eigenvalue weighted by Gasteiger charge is 2.28. The molecule has 0 fully saturated rings. The minimum Gasteiger partial charge on any atom is -0.497 e. The van der Waals surface area contributed by atoms with E-state index in [1.807, 2.05) is 12.1 Å². The van der Waals surface area contributed by atoms with Crippen LogP contribution in [0.25, 0.3) is 16.9 Å². The van der Waals surface area contributed by atoms with Crippen molar-refractivity contribution in [3.05, 3.63) is 71.4 Å². The van der Waals surface area contributed by atoms with Gasteiger partial charge in [-0.15, -0.1) is 0 Å². The Labute approximate surface area is 154 Å². The smallest absolute Gasteiger partial charge is 0.164 e. The highest BCUT2D eigenvalue weighted by Crippen LogP contribution is 2.35. The van der Waals surface area contributed by atoms with Gasteiger partial charge in [0.25, 0.3) is 0 Å². The predicted octanol–water partition coefficient (Wildman–Crippen LogP) is 5.23. The molecule has 3 heteroatoms. The number of hydrogen-bond acceptors (Lipinski definition) is 2. The zero-order valence-electron chi connectivity index (χ0n) is 15.5. The van der Waals surface area contributed by atoms with Gasteiger partial charge in [0.2, 0.25) is 0 Å². The zero-order chi connectivity index (χ0) is 18.3. The fourth-order valence-corrected chi connectivity index (χ4v) is 3.78. The van der Waals surface area contributed by atoms with Gasteiger partial charge in [-0.2, -0.15) is 0 Å². The van der Waals surface area contributed by atoms with Crippen LogP contribution in [0.5, 0.6) is 5.75 Å². The van der Waals surface area contributed by atoms with Crippen molar-refractivity contribution in [3.63, 3.8) is 0 Å². The number of hydrogen-bond donors (Lipinski definition) is 0. The molecule has 1 aliphatic rings. The number of carbonyl (C=O) groups excluding carboxylic acids is 1. The normalized spacial score (nSPS) is 16.4. The average molecular weight is 345 g/mol. The maximum Gasteiger partial charge on any atom is 0.164 e. The number of carbonyl (C=O) groups is 1. The van der Waals surface area contributed by atoms with Crippen LogP contribution in [-0.2, 0) is 6.42 Å². The van der Waals surface area contributed by atoms with Gasteiger partial charge in [0.1, 0.15) is 5.75 Å². The van der Waals surface area contributed by atoms with Crippen molar-refractivity contribution in [2.45, 2.75) is 26.7 Å². The Morgan fingerprint density at radius 2 is 1.69 bits per heavy atom. The van der Waals surface area contributed by atoms with Gasteiger partial charge >= 0.3 is 0 Å². The van der Waals surface area contributed by atoms with Gasteiger partial charge in [-0.1, -0.05) is 36.8 Å². The van der Waals surface area contributed by atoms with Crippen LogP contribution in [0.1, 0.15) is 35.0 Å². The van der Waals surface area contributed by atoms with Crippen LogP contribution in [0.4, 0.5) is 0 Å².